The summed E-state index contributed by atoms with van der Waals surface area (Å²) in [6.07, 6.45) is 3.59. The highest BCUT2D eigenvalue weighted by Gasteiger charge is 2.14. The van der Waals surface area contributed by atoms with E-state index in [0.29, 0.717) is 36.0 Å². The Bertz CT molecular complexity index is 1030. The number of likely N-dealkylation sites (tertiary alicyclic amines) is 1. The van der Waals surface area contributed by atoms with Crippen LogP contribution in [0.15, 0.2) is 42.5 Å². The molecule has 4 rings (SSSR count). The Hall–Kier alpha value is -2.08. The van der Waals surface area contributed by atoms with E-state index in [1.807, 2.05) is 36.4 Å². The Morgan fingerprint density at radius 1 is 1.03 bits per heavy atom. The number of carbonyl (C=O) groups is 1. The van der Waals surface area contributed by atoms with Crippen LogP contribution in [0.2, 0.25) is 10.0 Å². The van der Waals surface area contributed by atoms with Gasteiger partial charge in [0.05, 0.1) is 21.1 Å². The third-order valence-electron chi connectivity index (χ3n) is 5.59. The number of rotatable bonds is 8. The van der Waals surface area contributed by atoms with Gasteiger partial charge in [-0.2, -0.15) is 0 Å². The summed E-state index contributed by atoms with van der Waals surface area (Å²) in [5.41, 5.74) is 3.01. The van der Waals surface area contributed by atoms with Crippen LogP contribution in [-0.4, -0.2) is 46.5 Å². The van der Waals surface area contributed by atoms with E-state index in [0.717, 1.165) is 42.1 Å². The highest BCUT2D eigenvalue weighted by molar-refractivity contribution is 6.42. The second kappa shape index (κ2) is 9.82. The van der Waals surface area contributed by atoms with Gasteiger partial charge in [-0.05, 0) is 55.8 Å². The van der Waals surface area contributed by atoms with Crippen LogP contribution in [0, 0.1) is 0 Å². The fraction of sp³-hybridized carbons (Fsp3) is 0.391. The second-order valence-corrected chi connectivity index (χ2v) is 8.56. The minimum atomic E-state index is 0.0764. The molecule has 1 aromatic heterocycles. The number of hydrogen-bond acceptors (Lipinski definition) is 3. The summed E-state index contributed by atoms with van der Waals surface area (Å²) in [5, 5.41) is 4.13. The molecule has 0 aliphatic carbocycles. The normalized spacial score (nSPS) is 14.5. The highest BCUT2D eigenvalue weighted by Crippen LogP contribution is 2.25. The second-order valence-electron chi connectivity index (χ2n) is 7.74. The van der Waals surface area contributed by atoms with Gasteiger partial charge in [0.15, 0.2) is 0 Å². The van der Waals surface area contributed by atoms with E-state index in [-0.39, 0.29) is 5.91 Å². The molecule has 0 bridgehead atoms. The molecule has 1 fully saturated rings. The molecule has 3 aromatic rings. The first-order valence-corrected chi connectivity index (χ1v) is 11.2. The zero-order valence-electron chi connectivity index (χ0n) is 16.9. The van der Waals surface area contributed by atoms with Crippen molar-refractivity contribution < 1.29 is 4.79 Å². The highest BCUT2D eigenvalue weighted by atomic mass is 35.5. The van der Waals surface area contributed by atoms with E-state index >= 15 is 0 Å². The number of aromatic nitrogens is 2. The minimum absolute atomic E-state index is 0.0764. The zero-order chi connectivity index (χ0) is 20.9. The molecule has 30 heavy (non-hydrogen) atoms. The summed E-state index contributed by atoms with van der Waals surface area (Å²) in [5.74, 6) is 0.993. The molecule has 0 unspecified atom stereocenters. The van der Waals surface area contributed by atoms with Crippen LogP contribution in [0.3, 0.4) is 0 Å². The maximum atomic E-state index is 12.4. The van der Waals surface area contributed by atoms with Gasteiger partial charge >= 0.3 is 0 Å². The largest absolute Gasteiger partial charge is 0.355 e. The quantitative estimate of drug-likeness (QED) is 0.554. The van der Waals surface area contributed by atoms with E-state index in [4.69, 9.17) is 28.2 Å². The predicted molar refractivity (Wildman–Crippen MR) is 122 cm³/mol. The fourth-order valence-electron chi connectivity index (χ4n) is 4.00. The third kappa shape index (κ3) is 5.15. The van der Waals surface area contributed by atoms with Crippen molar-refractivity contribution in [2.45, 2.75) is 32.2 Å². The van der Waals surface area contributed by atoms with Gasteiger partial charge in [-0.1, -0.05) is 41.4 Å². The molecular weight excluding hydrogens is 419 g/mol. The van der Waals surface area contributed by atoms with E-state index in [1.54, 1.807) is 6.07 Å². The van der Waals surface area contributed by atoms with Crippen LogP contribution in [-0.2, 0) is 17.8 Å². The van der Waals surface area contributed by atoms with Crippen molar-refractivity contribution in [2.75, 3.05) is 26.2 Å². The zero-order valence-corrected chi connectivity index (χ0v) is 18.4. The lowest BCUT2D eigenvalue weighted by molar-refractivity contribution is -0.121. The molecule has 1 saturated heterocycles. The number of nitrogens with zero attached hydrogens (tertiary/aromatic N) is 3. The fourth-order valence-corrected chi connectivity index (χ4v) is 4.32. The number of fused-ring (bicyclic) bond motifs is 1. The molecule has 1 amide bonds. The Morgan fingerprint density at radius 3 is 2.63 bits per heavy atom. The first kappa shape index (κ1) is 21.2. The van der Waals surface area contributed by atoms with Crippen molar-refractivity contribution in [1.82, 2.24) is 19.8 Å². The van der Waals surface area contributed by atoms with Crippen molar-refractivity contribution in [3.05, 3.63) is 63.9 Å². The third-order valence-corrected chi connectivity index (χ3v) is 6.33. The predicted octanol–water partition coefficient (Wildman–Crippen LogP) is 4.54. The molecule has 0 radical (unpaired) electrons. The summed E-state index contributed by atoms with van der Waals surface area (Å²) < 4.78 is 2.14. The first-order chi connectivity index (χ1) is 14.6. The molecule has 1 aliphatic heterocycles. The molecule has 0 atom stereocenters. The molecule has 1 aliphatic rings. The van der Waals surface area contributed by atoms with E-state index in [9.17, 15) is 4.79 Å². The van der Waals surface area contributed by atoms with E-state index in [1.165, 1.54) is 12.8 Å². The number of halogens is 2. The summed E-state index contributed by atoms with van der Waals surface area (Å²) in [6.45, 7) is 4.53. The van der Waals surface area contributed by atoms with Crippen LogP contribution in [0.5, 0.6) is 0 Å². The summed E-state index contributed by atoms with van der Waals surface area (Å²) in [4.78, 5) is 19.6. The van der Waals surface area contributed by atoms with Crippen LogP contribution in [0.1, 0.15) is 30.7 Å². The standard InChI is InChI=1S/C23H26Cl2N4O/c24-18-8-7-17(15-19(18)25)16-22-27-20-5-1-2-6-21(20)29(22)13-9-23(30)26-10-14-28-11-3-4-12-28/h1-2,5-8,15H,3-4,9-14,16H2,(H,26,30). The number of imidazole rings is 1. The number of para-hydroxylation sites is 2. The lowest BCUT2D eigenvalue weighted by atomic mass is 10.1. The number of benzene rings is 2. The van der Waals surface area contributed by atoms with Crippen LogP contribution < -0.4 is 5.32 Å². The number of amides is 1. The van der Waals surface area contributed by atoms with Crippen LogP contribution in [0.25, 0.3) is 11.0 Å². The van der Waals surface area contributed by atoms with Gasteiger partial charge in [0.1, 0.15) is 5.82 Å². The van der Waals surface area contributed by atoms with Crippen molar-refractivity contribution >= 4 is 40.1 Å². The summed E-state index contributed by atoms with van der Waals surface area (Å²) in [7, 11) is 0. The van der Waals surface area contributed by atoms with Gasteiger partial charge in [0, 0.05) is 32.5 Å². The summed E-state index contributed by atoms with van der Waals surface area (Å²) >= 11 is 12.2. The number of carbonyl (C=O) groups excluding carboxylic acids is 1. The Morgan fingerprint density at radius 2 is 1.83 bits per heavy atom. The topological polar surface area (TPSA) is 50.2 Å². The van der Waals surface area contributed by atoms with Gasteiger partial charge in [-0.3, -0.25) is 4.79 Å². The maximum Gasteiger partial charge on any atom is 0.221 e. The van der Waals surface area contributed by atoms with Gasteiger partial charge in [-0.15, -0.1) is 0 Å². The minimum Gasteiger partial charge on any atom is -0.355 e. The lowest BCUT2D eigenvalue weighted by Crippen LogP contribution is -2.33. The van der Waals surface area contributed by atoms with Crippen molar-refractivity contribution in [2.24, 2.45) is 0 Å². The molecule has 158 valence electrons. The van der Waals surface area contributed by atoms with Crippen molar-refractivity contribution in [1.29, 1.82) is 0 Å². The van der Waals surface area contributed by atoms with Gasteiger partial charge in [0.25, 0.3) is 0 Å². The smallest absolute Gasteiger partial charge is 0.221 e. The van der Waals surface area contributed by atoms with Crippen molar-refractivity contribution in [3.63, 3.8) is 0 Å². The van der Waals surface area contributed by atoms with Gasteiger partial charge in [0.2, 0.25) is 5.91 Å². The summed E-state index contributed by atoms with van der Waals surface area (Å²) in [6, 6.07) is 13.7. The Balaban J connectivity index is 1.43. The maximum absolute atomic E-state index is 12.4. The van der Waals surface area contributed by atoms with E-state index in [2.05, 4.69) is 14.8 Å². The monoisotopic (exact) mass is 444 g/mol. The SMILES string of the molecule is O=C(CCn1c(Cc2ccc(Cl)c(Cl)c2)nc2ccccc21)NCCN1CCCC1. The molecule has 2 aromatic carbocycles. The molecule has 1 N–H and O–H groups in total. The van der Waals surface area contributed by atoms with Crippen LogP contribution >= 0.6 is 23.2 Å². The first-order valence-electron chi connectivity index (χ1n) is 10.5. The van der Waals surface area contributed by atoms with Crippen molar-refractivity contribution in [3.8, 4) is 0 Å². The van der Waals surface area contributed by atoms with E-state index < -0.39 is 0 Å². The molecule has 0 saturated carbocycles. The molecule has 0 spiro atoms. The number of aryl methyl sites for hydroxylation is 1. The van der Waals surface area contributed by atoms with Gasteiger partial charge in [-0.25, -0.2) is 4.98 Å². The molecular formula is C23H26Cl2N4O. The van der Waals surface area contributed by atoms with Gasteiger partial charge < -0.3 is 14.8 Å². The Kier molecular flexibility index (Phi) is 6.93. The molecule has 2 heterocycles. The van der Waals surface area contributed by atoms with Crippen LogP contribution in [0.4, 0.5) is 0 Å². The molecule has 5 nitrogen and oxygen atoms in total. The lowest BCUT2D eigenvalue weighted by Gasteiger charge is -2.15. The number of nitrogens with one attached hydrogen (secondary N) is 1. The number of hydrogen-bond donors (Lipinski definition) is 1. The average Bonchev–Trinajstić information content (AvgIpc) is 3.37. The Labute approximate surface area is 187 Å². The molecule has 7 heteroatoms. The average molecular weight is 445 g/mol.